The number of aliphatic hydroxyl groups excluding tert-OH is 3. The monoisotopic (exact) mass is 258 g/mol. The Morgan fingerprint density at radius 2 is 1.50 bits per heavy atom. The van der Waals surface area contributed by atoms with Gasteiger partial charge in [-0.05, 0) is 0 Å². The van der Waals surface area contributed by atoms with Crippen LogP contribution >= 0.6 is 0 Å². The van der Waals surface area contributed by atoms with Crippen molar-refractivity contribution >= 4 is 0 Å². The van der Waals surface area contributed by atoms with Crippen LogP contribution < -0.4 is 14.2 Å². The molecular weight excluding hydrogens is 240 g/mol. The molecule has 3 N–H and O–H groups in total. The van der Waals surface area contributed by atoms with Gasteiger partial charge in [0.15, 0.2) is 0 Å². The van der Waals surface area contributed by atoms with Gasteiger partial charge in [0.2, 0.25) is 0 Å². The fourth-order valence-electron chi connectivity index (χ4n) is 1.62. The first-order valence-corrected chi connectivity index (χ1v) is 5.35. The van der Waals surface area contributed by atoms with Crippen LogP contribution in [0.2, 0.25) is 0 Å². The Labute approximate surface area is 105 Å². The van der Waals surface area contributed by atoms with E-state index in [1.165, 1.54) is 21.3 Å². The van der Waals surface area contributed by atoms with Crippen LogP contribution in [0.15, 0.2) is 12.1 Å². The van der Waals surface area contributed by atoms with Gasteiger partial charge in [0.25, 0.3) is 0 Å². The van der Waals surface area contributed by atoms with Crippen molar-refractivity contribution in [1.82, 2.24) is 0 Å². The number of benzene rings is 1. The highest BCUT2D eigenvalue weighted by Gasteiger charge is 2.26. The van der Waals surface area contributed by atoms with Crippen molar-refractivity contribution in [2.45, 2.75) is 12.2 Å². The Hall–Kier alpha value is -1.50. The van der Waals surface area contributed by atoms with Crippen LogP contribution in [0.25, 0.3) is 0 Å². The third-order valence-corrected chi connectivity index (χ3v) is 2.60. The average molecular weight is 258 g/mol. The summed E-state index contributed by atoms with van der Waals surface area (Å²) in [7, 11) is 4.35. The molecule has 0 saturated carbocycles. The summed E-state index contributed by atoms with van der Waals surface area (Å²) < 4.78 is 15.3. The molecular formula is C12H18O6. The standard InChI is InChI=1S/C12H18O6/c1-16-7-4-9(17-2)11(10(5-7)18-3)12(15)8(14)6-13/h4-5,8,12-15H,6H2,1-3H3. The molecule has 0 bridgehead atoms. The van der Waals surface area contributed by atoms with Crippen molar-refractivity contribution in [2.24, 2.45) is 0 Å². The molecule has 2 unspecified atom stereocenters. The molecule has 1 aromatic rings. The fraction of sp³-hybridized carbons (Fsp3) is 0.500. The van der Waals surface area contributed by atoms with Crippen LogP contribution in [0.5, 0.6) is 17.2 Å². The van der Waals surface area contributed by atoms with Gasteiger partial charge in [-0.25, -0.2) is 0 Å². The molecule has 0 heterocycles. The van der Waals surface area contributed by atoms with Crippen molar-refractivity contribution in [1.29, 1.82) is 0 Å². The molecule has 0 aromatic heterocycles. The first-order valence-electron chi connectivity index (χ1n) is 5.35. The first-order chi connectivity index (χ1) is 8.58. The van der Waals surface area contributed by atoms with Gasteiger partial charge in [-0.2, -0.15) is 0 Å². The smallest absolute Gasteiger partial charge is 0.132 e. The number of rotatable bonds is 6. The quantitative estimate of drug-likeness (QED) is 0.670. The van der Waals surface area contributed by atoms with Gasteiger partial charge in [-0.1, -0.05) is 0 Å². The van der Waals surface area contributed by atoms with Crippen LogP contribution in [-0.2, 0) is 0 Å². The zero-order valence-corrected chi connectivity index (χ0v) is 10.6. The molecule has 0 aliphatic carbocycles. The lowest BCUT2D eigenvalue weighted by molar-refractivity contribution is -0.0172. The summed E-state index contributed by atoms with van der Waals surface area (Å²) in [5.41, 5.74) is 0.266. The first kappa shape index (κ1) is 14.6. The van der Waals surface area contributed by atoms with Gasteiger partial charge < -0.3 is 29.5 Å². The Morgan fingerprint density at radius 1 is 1.00 bits per heavy atom. The molecule has 102 valence electrons. The van der Waals surface area contributed by atoms with E-state index in [1.54, 1.807) is 12.1 Å². The highest BCUT2D eigenvalue weighted by atomic mass is 16.5. The summed E-state index contributed by atoms with van der Waals surface area (Å²) in [6, 6.07) is 3.12. The van der Waals surface area contributed by atoms with Gasteiger partial charge in [-0.15, -0.1) is 0 Å². The largest absolute Gasteiger partial charge is 0.496 e. The number of aliphatic hydroxyl groups is 3. The maximum atomic E-state index is 9.97. The highest BCUT2D eigenvalue weighted by molar-refractivity contribution is 5.52. The summed E-state index contributed by atoms with van der Waals surface area (Å²) in [6.07, 6.45) is -2.63. The Balaban J connectivity index is 3.30. The molecule has 1 rings (SSSR count). The predicted octanol–water partition coefficient (Wildman–Crippen LogP) is 0.0990. The van der Waals surface area contributed by atoms with Gasteiger partial charge in [0.1, 0.15) is 29.5 Å². The van der Waals surface area contributed by atoms with E-state index in [2.05, 4.69) is 0 Å². The Morgan fingerprint density at radius 3 is 1.83 bits per heavy atom. The fourth-order valence-corrected chi connectivity index (χ4v) is 1.62. The minimum absolute atomic E-state index is 0.266. The van der Waals surface area contributed by atoms with Crippen molar-refractivity contribution in [3.63, 3.8) is 0 Å². The molecule has 0 amide bonds. The molecule has 0 radical (unpaired) electrons. The molecule has 2 atom stereocenters. The molecule has 18 heavy (non-hydrogen) atoms. The minimum atomic E-state index is -1.32. The highest BCUT2D eigenvalue weighted by Crippen LogP contribution is 2.39. The lowest BCUT2D eigenvalue weighted by Gasteiger charge is -2.21. The van der Waals surface area contributed by atoms with Gasteiger partial charge in [-0.3, -0.25) is 0 Å². The van der Waals surface area contributed by atoms with E-state index in [-0.39, 0.29) is 5.56 Å². The molecule has 0 aliphatic heterocycles. The van der Waals surface area contributed by atoms with Crippen LogP contribution in [0.1, 0.15) is 11.7 Å². The third kappa shape index (κ3) is 2.84. The van der Waals surface area contributed by atoms with Gasteiger partial charge >= 0.3 is 0 Å². The number of hydrogen-bond donors (Lipinski definition) is 3. The normalized spacial score (nSPS) is 13.9. The van der Waals surface area contributed by atoms with Crippen LogP contribution in [0, 0.1) is 0 Å². The molecule has 0 fully saturated rings. The lowest BCUT2D eigenvalue weighted by Crippen LogP contribution is -2.23. The number of hydrogen-bond acceptors (Lipinski definition) is 6. The van der Waals surface area contributed by atoms with Crippen LogP contribution in [0.3, 0.4) is 0 Å². The minimum Gasteiger partial charge on any atom is -0.496 e. The van der Waals surface area contributed by atoms with E-state index in [0.29, 0.717) is 17.2 Å². The second-order valence-electron chi connectivity index (χ2n) is 3.64. The maximum absolute atomic E-state index is 9.97. The summed E-state index contributed by atoms with van der Waals surface area (Å²) >= 11 is 0. The van der Waals surface area contributed by atoms with E-state index >= 15 is 0 Å². The van der Waals surface area contributed by atoms with Crippen LogP contribution in [0.4, 0.5) is 0 Å². The maximum Gasteiger partial charge on any atom is 0.132 e. The summed E-state index contributed by atoms with van der Waals surface area (Å²) in [5.74, 6) is 1.12. The predicted molar refractivity (Wildman–Crippen MR) is 64.2 cm³/mol. The average Bonchev–Trinajstić information content (AvgIpc) is 2.43. The Kier molecular flexibility index (Phi) is 5.21. The molecule has 6 nitrogen and oxygen atoms in total. The van der Waals surface area contributed by atoms with Crippen molar-refractivity contribution in [3.8, 4) is 17.2 Å². The second kappa shape index (κ2) is 6.44. The Bertz CT molecular complexity index is 367. The molecule has 6 heteroatoms. The summed E-state index contributed by atoms with van der Waals surface area (Å²) in [4.78, 5) is 0. The number of methoxy groups -OCH3 is 3. The molecule has 0 aliphatic rings. The lowest BCUT2D eigenvalue weighted by atomic mass is 10.0. The molecule has 1 aromatic carbocycles. The zero-order chi connectivity index (χ0) is 13.7. The zero-order valence-electron chi connectivity index (χ0n) is 10.6. The van der Waals surface area contributed by atoms with E-state index in [9.17, 15) is 10.2 Å². The second-order valence-corrected chi connectivity index (χ2v) is 3.64. The molecule has 0 spiro atoms. The summed E-state index contributed by atoms with van der Waals surface area (Å²) in [6.45, 7) is -0.570. The van der Waals surface area contributed by atoms with Crippen molar-refractivity contribution < 1.29 is 29.5 Å². The SMILES string of the molecule is COc1cc(OC)c(C(O)C(O)CO)c(OC)c1. The van der Waals surface area contributed by atoms with Crippen molar-refractivity contribution in [3.05, 3.63) is 17.7 Å². The van der Waals surface area contributed by atoms with E-state index in [0.717, 1.165) is 0 Å². The van der Waals surface area contributed by atoms with Gasteiger partial charge in [0.05, 0.1) is 33.5 Å². The topological polar surface area (TPSA) is 88.4 Å². The van der Waals surface area contributed by atoms with Gasteiger partial charge in [0, 0.05) is 12.1 Å². The molecule has 0 saturated heterocycles. The van der Waals surface area contributed by atoms with Crippen molar-refractivity contribution in [2.75, 3.05) is 27.9 Å². The van der Waals surface area contributed by atoms with Crippen LogP contribution in [-0.4, -0.2) is 49.4 Å². The third-order valence-electron chi connectivity index (χ3n) is 2.60. The van der Waals surface area contributed by atoms with E-state index < -0.39 is 18.8 Å². The summed E-state index contributed by atoms with van der Waals surface area (Å²) in [5, 5.41) is 28.3. The number of ether oxygens (including phenoxy) is 3. The van der Waals surface area contributed by atoms with E-state index in [4.69, 9.17) is 19.3 Å². The van der Waals surface area contributed by atoms with E-state index in [1.807, 2.05) is 0 Å².